The molecule has 0 radical (unpaired) electrons. The molecular weight excluding hydrogens is 274 g/mol. The summed E-state index contributed by atoms with van der Waals surface area (Å²) in [4.78, 5) is 14.4. The highest BCUT2D eigenvalue weighted by molar-refractivity contribution is 6.32. The molecule has 2 rings (SSSR count). The lowest BCUT2D eigenvalue weighted by Gasteiger charge is -2.30. The van der Waals surface area contributed by atoms with Crippen LogP contribution in [0.3, 0.4) is 0 Å². The fraction of sp³-hybridized carbons (Fsp3) is 0.562. The van der Waals surface area contributed by atoms with Crippen LogP contribution in [-0.2, 0) is 4.79 Å². The van der Waals surface area contributed by atoms with Crippen LogP contribution in [-0.4, -0.2) is 30.0 Å². The van der Waals surface area contributed by atoms with Crippen molar-refractivity contribution in [2.75, 3.05) is 13.1 Å². The van der Waals surface area contributed by atoms with E-state index in [1.54, 1.807) is 0 Å². The molecule has 0 bridgehead atoms. The van der Waals surface area contributed by atoms with Gasteiger partial charge in [-0.3, -0.25) is 4.79 Å². The number of piperidine rings is 1. The standard InChI is InChI=1S/C16H22ClNO2/c1-3-14(16(19)18-9-5-4-6-10-18)20-15-11-12(2)7-8-13(15)17/h7-8,11,14H,3-6,9-10H2,1-2H3/t14-/m1/s1. The molecule has 110 valence electrons. The van der Waals surface area contributed by atoms with Crippen molar-refractivity contribution >= 4 is 17.5 Å². The summed E-state index contributed by atoms with van der Waals surface area (Å²) in [5.41, 5.74) is 1.07. The van der Waals surface area contributed by atoms with Crippen molar-refractivity contribution in [3.8, 4) is 5.75 Å². The van der Waals surface area contributed by atoms with Gasteiger partial charge in [0.2, 0.25) is 0 Å². The van der Waals surface area contributed by atoms with Crippen LogP contribution >= 0.6 is 11.6 Å². The van der Waals surface area contributed by atoms with E-state index in [0.717, 1.165) is 31.5 Å². The molecule has 0 saturated carbocycles. The lowest BCUT2D eigenvalue weighted by atomic mass is 10.1. The van der Waals surface area contributed by atoms with E-state index in [-0.39, 0.29) is 5.91 Å². The molecule has 1 amide bonds. The first-order valence-corrected chi connectivity index (χ1v) is 7.71. The smallest absolute Gasteiger partial charge is 0.263 e. The molecule has 0 aliphatic carbocycles. The summed E-state index contributed by atoms with van der Waals surface area (Å²) in [7, 11) is 0. The van der Waals surface area contributed by atoms with E-state index in [9.17, 15) is 4.79 Å². The van der Waals surface area contributed by atoms with Crippen LogP contribution in [0.5, 0.6) is 5.75 Å². The number of nitrogens with zero attached hydrogens (tertiary/aromatic N) is 1. The van der Waals surface area contributed by atoms with Crippen LogP contribution in [0.1, 0.15) is 38.2 Å². The predicted octanol–water partition coefficient (Wildman–Crippen LogP) is 3.82. The Bertz CT molecular complexity index is 470. The number of carbonyl (C=O) groups excluding carboxylic acids is 1. The molecule has 1 saturated heterocycles. The highest BCUT2D eigenvalue weighted by Crippen LogP contribution is 2.27. The molecule has 0 spiro atoms. The number of hydrogen-bond donors (Lipinski definition) is 0. The number of ether oxygens (including phenoxy) is 1. The van der Waals surface area contributed by atoms with Gasteiger partial charge in [0, 0.05) is 13.1 Å². The van der Waals surface area contributed by atoms with Gasteiger partial charge in [0.05, 0.1) is 5.02 Å². The van der Waals surface area contributed by atoms with Crippen molar-refractivity contribution in [1.29, 1.82) is 0 Å². The molecule has 0 unspecified atom stereocenters. The SMILES string of the molecule is CC[C@@H](Oc1cc(C)ccc1Cl)C(=O)N1CCCCC1. The fourth-order valence-electron chi connectivity index (χ4n) is 2.48. The summed E-state index contributed by atoms with van der Waals surface area (Å²) in [6.07, 6.45) is 3.61. The number of amides is 1. The van der Waals surface area contributed by atoms with Gasteiger partial charge in [0.25, 0.3) is 5.91 Å². The Labute approximate surface area is 125 Å². The lowest BCUT2D eigenvalue weighted by Crippen LogP contribution is -2.44. The average Bonchev–Trinajstić information content (AvgIpc) is 2.48. The number of rotatable bonds is 4. The quantitative estimate of drug-likeness (QED) is 0.845. The van der Waals surface area contributed by atoms with E-state index >= 15 is 0 Å². The van der Waals surface area contributed by atoms with Crippen molar-refractivity contribution in [2.45, 2.75) is 45.6 Å². The van der Waals surface area contributed by atoms with Crippen molar-refractivity contribution < 1.29 is 9.53 Å². The summed E-state index contributed by atoms with van der Waals surface area (Å²) in [5.74, 6) is 0.689. The van der Waals surface area contributed by atoms with Crippen LogP contribution in [0.4, 0.5) is 0 Å². The van der Waals surface area contributed by atoms with Crippen LogP contribution in [0.2, 0.25) is 5.02 Å². The Morgan fingerprint density at radius 2 is 2.05 bits per heavy atom. The minimum atomic E-state index is -0.438. The van der Waals surface area contributed by atoms with Gasteiger partial charge in [-0.1, -0.05) is 24.6 Å². The molecule has 0 N–H and O–H groups in total. The third-order valence-electron chi connectivity index (χ3n) is 3.67. The molecule has 1 aromatic rings. The largest absolute Gasteiger partial charge is 0.479 e. The third-order valence-corrected chi connectivity index (χ3v) is 3.98. The molecule has 3 nitrogen and oxygen atoms in total. The van der Waals surface area contributed by atoms with E-state index in [1.807, 2.05) is 36.9 Å². The molecule has 1 fully saturated rings. The number of benzene rings is 1. The number of carbonyl (C=O) groups is 1. The fourth-order valence-corrected chi connectivity index (χ4v) is 2.64. The molecule has 1 aliphatic rings. The first kappa shape index (κ1) is 15.2. The number of likely N-dealkylation sites (tertiary alicyclic amines) is 1. The van der Waals surface area contributed by atoms with E-state index in [4.69, 9.17) is 16.3 Å². The number of aryl methyl sites for hydroxylation is 1. The monoisotopic (exact) mass is 295 g/mol. The highest BCUT2D eigenvalue weighted by Gasteiger charge is 2.26. The summed E-state index contributed by atoms with van der Waals surface area (Å²) in [6.45, 7) is 5.65. The van der Waals surface area contributed by atoms with Crippen molar-refractivity contribution in [3.63, 3.8) is 0 Å². The zero-order valence-corrected chi connectivity index (χ0v) is 12.9. The summed E-state index contributed by atoms with van der Waals surface area (Å²) in [6, 6.07) is 5.63. The minimum Gasteiger partial charge on any atom is -0.479 e. The average molecular weight is 296 g/mol. The Balaban J connectivity index is 2.07. The molecule has 1 aromatic carbocycles. The van der Waals surface area contributed by atoms with E-state index in [2.05, 4.69) is 0 Å². The first-order chi connectivity index (χ1) is 9.61. The van der Waals surface area contributed by atoms with Gasteiger partial charge in [0.1, 0.15) is 5.75 Å². The molecule has 4 heteroatoms. The van der Waals surface area contributed by atoms with Crippen LogP contribution in [0, 0.1) is 6.92 Å². The Morgan fingerprint density at radius 3 is 2.70 bits per heavy atom. The van der Waals surface area contributed by atoms with Crippen molar-refractivity contribution in [3.05, 3.63) is 28.8 Å². The zero-order chi connectivity index (χ0) is 14.5. The van der Waals surface area contributed by atoms with Crippen LogP contribution < -0.4 is 4.74 Å². The molecule has 20 heavy (non-hydrogen) atoms. The molecule has 1 heterocycles. The van der Waals surface area contributed by atoms with Crippen molar-refractivity contribution in [1.82, 2.24) is 4.90 Å². The molecule has 1 atom stereocenters. The number of hydrogen-bond acceptors (Lipinski definition) is 2. The van der Waals surface area contributed by atoms with Gasteiger partial charge in [-0.05, 0) is 50.3 Å². The van der Waals surface area contributed by atoms with Gasteiger partial charge in [0.15, 0.2) is 6.10 Å². The first-order valence-electron chi connectivity index (χ1n) is 7.33. The zero-order valence-electron chi connectivity index (χ0n) is 12.2. The topological polar surface area (TPSA) is 29.5 Å². The normalized spacial score (nSPS) is 16.9. The highest BCUT2D eigenvalue weighted by atomic mass is 35.5. The Kier molecular flexibility index (Phi) is 5.30. The maximum atomic E-state index is 12.5. The summed E-state index contributed by atoms with van der Waals surface area (Å²) < 4.78 is 5.87. The van der Waals surface area contributed by atoms with E-state index < -0.39 is 6.10 Å². The van der Waals surface area contributed by atoms with Gasteiger partial charge < -0.3 is 9.64 Å². The molecule has 1 aliphatic heterocycles. The second-order valence-corrected chi connectivity index (χ2v) is 5.74. The molecular formula is C16H22ClNO2. The van der Waals surface area contributed by atoms with Gasteiger partial charge >= 0.3 is 0 Å². The van der Waals surface area contributed by atoms with E-state index in [0.29, 0.717) is 17.2 Å². The maximum absolute atomic E-state index is 12.5. The second-order valence-electron chi connectivity index (χ2n) is 5.33. The lowest BCUT2D eigenvalue weighted by molar-refractivity contribution is -0.139. The summed E-state index contributed by atoms with van der Waals surface area (Å²) >= 11 is 6.14. The summed E-state index contributed by atoms with van der Waals surface area (Å²) in [5, 5.41) is 0.556. The van der Waals surface area contributed by atoms with Gasteiger partial charge in [-0.25, -0.2) is 0 Å². The number of halogens is 1. The van der Waals surface area contributed by atoms with Gasteiger partial charge in [-0.2, -0.15) is 0 Å². The Morgan fingerprint density at radius 1 is 1.35 bits per heavy atom. The molecule has 0 aromatic heterocycles. The van der Waals surface area contributed by atoms with E-state index in [1.165, 1.54) is 6.42 Å². The minimum absolute atomic E-state index is 0.0878. The third kappa shape index (κ3) is 3.66. The van der Waals surface area contributed by atoms with Gasteiger partial charge in [-0.15, -0.1) is 0 Å². The second kappa shape index (κ2) is 6.98. The van der Waals surface area contributed by atoms with Crippen LogP contribution in [0.15, 0.2) is 18.2 Å². The maximum Gasteiger partial charge on any atom is 0.263 e. The predicted molar refractivity (Wildman–Crippen MR) is 81.3 cm³/mol. The van der Waals surface area contributed by atoms with Crippen molar-refractivity contribution in [2.24, 2.45) is 0 Å². The van der Waals surface area contributed by atoms with Crippen LogP contribution in [0.25, 0.3) is 0 Å². The Hall–Kier alpha value is -1.22.